The summed E-state index contributed by atoms with van der Waals surface area (Å²) in [5.41, 5.74) is 4.92. The molecule has 0 atom stereocenters. The molecule has 2 aromatic carbocycles. The Hall–Kier alpha value is -3.87. The fourth-order valence-electron chi connectivity index (χ4n) is 4.48. The van der Waals surface area contributed by atoms with E-state index in [0.717, 1.165) is 57.6 Å². The molecule has 34 heavy (non-hydrogen) atoms. The number of hydrogen-bond acceptors (Lipinski definition) is 6. The molecular weight excluding hydrogens is 432 g/mol. The molecule has 2 heterocycles. The first kappa shape index (κ1) is 21.9. The van der Waals surface area contributed by atoms with E-state index in [0.29, 0.717) is 12.0 Å². The van der Waals surface area contributed by atoms with Gasteiger partial charge in [0.2, 0.25) is 6.79 Å². The van der Waals surface area contributed by atoms with Crippen LogP contribution in [0.2, 0.25) is 0 Å². The van der Waals surface area contributed by atoms with Gasteiger partial charge in [-0.1, -0.05) is 24.3 Å². The van der Waals surface area contributed by atoms with E-state index < -0.39 is 5.97 Å². The highest BCUT2D eigenvalue weighted by Crippen LogP contribution is 2.38. The Morgan fingerprint density at radius 1 is 1.12 bits per heavy atom. The summed E-state index contributed by atoms with van der Waals surface area (Å²) in [6, 6.07) is 13.4. The molecule has 0 unspecified atom stereocenters. The van der Waals surface area contributed by atoms with Gasteiger partial charge in [0, 0.05) is 11.4 Å². The van der Waals surface area contributed by atoms with E-state index in [2.05, 4.69) is 11.4 Å². The molecule has 0 bridgehead atoms. The zero-order valence-electron chi connectivity index (χ0n) is 19.2. The van der Waals surface area contributed by atoms with Crippen LogP contribution in [0.4, 0.5) is 0 Å². The number of para-hydroxylation sites is 1. The number of ether oxygens (including phenoxy) is 3. The lowest BCUT2D eigenvalue weighted by Crippen LogP contribution is -2.34. The largest absolute Gasteiger partial charge is 0.454 e. The quantitative estimate of drug-likeness (QED) is 0.566. The fourth-order valence-corrected chi connectivity index (χ4v) is 4.48. The number of pyridine rings is 1. The zero-order valence-corrected chi connectivity index (χ0v) is 19.2. The number of hydrogen-bond donors (Lipinski definition) is 1. The van der Waals surface area contributed by atoms with E-state index in [1.54, 1.807) is 0 Å². The summed E-state index contributed by atoms with van der Waals surface area (Å²) in [6.45, 7) is 3.63. The predicted octanol–water partition coefficient (Wildman–Crippen LogP) is 4.52. The molecule has 0 radical (unpaired) electrons. The molecule has 2 aliphatic rings. The Labute approximate surface area is 197 Å². The number of amides is 1. The van der Waals surface area contributed by atoms with E-state index in [1.807, 2.05) is 56.3 Å². The van der Waals surface area contributed by atoms with Gasteiger partial charge in [0.15, 0.2) is 18.1 Å². The van der Waals surface area contributed by atoms with Gasteiger partial charge in [-0.15, -0.1) is 0 Å². The van der Waals surface area contributed by atoms with Crippen molar-refractivity contribution < 1.29 is 23.8 Å². The van der Waals surface area contributed by atoms with Gasteiger partial charge in [0.1, 0.15) is 0 Å². The number of rotatable bonds is 5. The van der Waals surface area contributed by atoms with Crippen LogP contribution in [0.15, 0.2) is 42.5 Å². The Balaban J connectivity index is 1.54. The van der Waals surface area contributed by atoms with Crippen molar-refractivity contribution in [3.8, 4) is 11.5 Å². The number of carbonyl (C=O) groups is 2. The molecule has 1 N–H and O–H groups in total. The van der Waals surface area contributed by atoms with Gasteiger partial charge in [-0.2, -0.15) is 0 Å². The summed E-state index contributed by atoms with van der Waals surface area (Å²) in [4.78, 5) is 30.2. The lowest BCUT2D eigenvalue weighted by Gasteiger charge is -2.22. The van der Waals surface area contributed by atoms with Crippen molar-refractivity contribution in [3.05, 3.63) is 64.8 Å². The topological polar surface area (TPSA) is 86.8 Å². The van der Waals surface area contributed by atoms with E-state index in [9.17, 15) is 9.59 Å². The second-order valence-electron chi connectivity index (χ2n) is 8.77. The molecule has 1 aliphatic carbocycles. The maximum absolute atomic E-state index is 13.2. The third-order valence-electron chi connectivity index (χ3n) is 5.90. The van der Waals surface area contributed by atoms with E-state index >= 15 is 0 Å². The number of carbonyl (C=O) groups excluding carboxylic acids is 2. The fraction of sp³-hybridized carbons (Fsp3) is 0.296. The van der Waals surface area contributed by atoms with Crippen molar-refractivity contribution in [2.24, 2.45) is 0 Å². The summed E-state index contributed by atoms with van der Waals surface area (Å²) in [5, 5.41) is 3.48. The smallest absolute Gasteiger partial charge is 0.339 e. The van der Waals surface area contributed by atoms with Crippen molar-refractivity contribution in [1.82, 2.24) is 10.3 Å². The molecule has 1 aromatic heterocycles. The highest BCUT2D eigenvalue weighted by atomic mass is 16.7. The van der Waals surface area contributed by atoms with Gasteiger partial charge < -0.3 is 19.5 Å². The molecule has 174 valence electrons. The van der Waals surface area contributed by atoms with Crippen molar-refractivity contribution in [1.29, 1.82) is 0 Å². The minimum atomic E-state index is -0.502. The van der Waals surface area contributed by atoms with Gasteiger partial charge >= 0.3 is 5.97 Å². The van der Waals surface area contributed by atoms with Gasteiger partial charge in [-0.3, -0.25) is 4.79 Å². The van der Waals surface area contributed by atoms with Crippen LogP contribution in [-0.2, 0) is 16.0 Å². The standard InChI is InChI=1S/C27H26N2O5/c1-16(2)28-24(30)14-32-27(31)25-19-7-3-4-9-21(19)29-26-18(6-5-8-20(25)26)12-17-10-11-22-23(13-17)34-15-33-22/h3-4,7,9-13,16H,5-6,8,14-15H2,1-2H3,(H,28,30)/b18-12-. The molecule has 1 aliphatic heterocycles. The lowest BCUT2D eigenvalue weighted by atomic mass is 9.86. The SMILES string of the molecule is CC(C)NC(=O)COC(=O)c1c2c(nc3ccccc13)/C(=C\c1ccc3c(c1)OCO3)CCC2. The molecule has 0 spiro atoms. The van der Waals surface area contributed by atoms with Crippen LogP contribution in [0.3, 0.4) is 0 Å². The van der Waals surface area contributed by atoms with E-state index in [4.69, 9.17) is 19.2 Å². The first-order valence-electron chi connectivity index (χ1n) is 11.5. The Morgan fingerprint density at radius 3 is 2.79 bits per heavy atom. The van der Waals surface area contributed by atoms with E-state index in [-0.39, 0.29) is 25.3 Å². The number of esters is 1. The van der Waals surface area contributed by atoms with Crippen molar-refractivity contribution in [2.75, 3.05) is 13.4 Å². The first-order valence-corrected chi connectivity index (χ1v) is 11.5. The van der Waals surface area contributed by atoms with Crippen molar-refractivity contribution in [3.63, 3.8) is 0 Å². The number of allylic oxidation sites excluding steroid dienone is 1. The molecule has 7 nitrogen and oxygen atoms in total. The molecule has 0 saturated carbocycles. The Kier molecular flexibility index (Phi) is 5.92. The van der Waals surface area contributed by atoms with Crippen LogP contribution in [0.25, 0.3) is 22.6 Å². The third-order valence-corrected chi connectivity index (χ3v) is 5.90. The summed E-state index contributed by atoms with van der Waals surface area (Å²) >= 11 is 0. The molecular formula is C27H26N2O5. The minimum absolute atomic E-state index is 0.0235. The average molecular weight is 459 g/mol. The van der Waals surface area contributed by atoms with E-state index in [1.165, 1.54) is 0 Å². The third kappa shape index (κ3) is 4.33. The maximum Gasteiger partial charge on any atom is 0.339 e. The molecule has 7 heteroatoms. The summed E-state index contributed by atoms with van der Waals surface area (Å²) in [6.07, 6.45) is 4.54. The second-order valence-corrected chi connectivity index (χ2v) is 8.77. The van der Waals surface area contributed by atoms with Crippen LogP contribution < -0.4 is 14.8 Å². The second kappa shape index (κ2) is 9.17. The number of fused-ring (bicyclic) bond motifs is 3. The minimum Gasteiger partial charge on any atom is -0.454 e. The van der Waals surface area contributed by atoms with Crippen molar-refractivity contribution in [2.45, 2.75) is 39.2 Å². The Bertz CT molecular complexity index is 1310. The summed E-state index contributed by atoms with van der Waals surface area (Å²) in [7, 11) is 0. The molecule has 3 aromatic rings. The highest BCUT2D eigenvalue weighted by Gasteiger charge is 2.26. The van der Waals surface area contributed by atoms with Crippen LogP contribution in [0.1, 0.15) is 53.9 Å². The highest BCUT2D eigenvalue weighted by molar-refractivity contribution is 6.07. The molecule has 1 amide bonds. The number of benzene rings is 2. The van der Waals surface area contributed by atoms with Crippen LogP contribution in [0.5, 0.6) is 11.5 Å². The van der Waals surface area contributed by atoms with Crippen LogP contribution >= 0.6 is 0 Å². The predicted molar refractivity (Wildman–Crippen MR) is 129 cm³/mol. The zero-order chi connectivity index (χ0) is 23.7. The Morgan fingerprint density at radius 2 is 1.94 bits per heavy atom. The first-order chi connectivity index (χ1) is 16.5. The van der Waals surface area contributed by atoms with Gasteiger partial charge in [0.05, 0.1) is 16.8 Å². The molecule has 5 rings (SSSR count). The van der Waals surface area contributed by atoms with Gasteiger partial charge in [-0.25, -0.2) is 9.78 Å². The van der Waals surface area contributed by atoms with Gasteiger partial charge in [-0.05, 0) is 74.1 Å². The monoisotopic (exact) mass is 458 g/mol. The number of aromatic nitrogens is 1. The summed E-state index contributed by atoms with van der Waals surface area (Å²) < 4.78 is 16.4. The van der Waals surface area contributed by atoms with Gasteiger partial charge in [0.25, 0.3) is 5.91 Å². The molecule has 0 fully saturated rings. The number of nitrogens with one attached hydrogen (secondary N) is 1. The lowest BCUT2D eigenvalue weighted by molar-refractivity contribution is -0.124. The normalized spacial score (nSPS) is 15.4. The van der Waals surface area contributed by atoms with Crippen LogP contribution in [-0.4, -0.2) is 36.3 Å². The average Bonchev–Trinajstić information content (AvgIpc) is 3.29. The number of nitrogens with zero attached hydrogens (tertiary/aromatic N) is 1. The molecule has 0 saturated heterocycles. The maximum atomic E-state index is 13.2. The summed E-state index contributed by atoms with van der Waals surface area (Å²) in [5.74, 6) is 0.639. The van der Waals surface area contributed by atoms with Crippen molar-refractivity contribution >= 4 is 34.4 Å². The van der Waals surface area contributed by atoms with Crippen LogP contribution in [0, 0.1) is 0 Å².